The number of sulfonamides is 1. The van der Waals surface area contributed by atoms with Gasteiger partial charge in [0.05, 0.1) is 5.52 Å². The van der Waals surface area contributed by atoms with Gasteiger partial charge in [-0.05, 0) is 30.4 Å². The average molecular weight is 318 g/mol. The van der Waals surface area contributed by atoms with E-state index in [0.717, 1.165) is 18.2 Å². The standard InChI is InChI=1S/C17H22N2O2S/c1-12-6-3-9-15(13(12)2)19-22(20,21)16-10-4-7-14-8-5-11-18-17(14)16/h4-5,7-8,10-13,15,19H,3,6,9H2,1-2H3. The van der Waals surface area contributed by atoms with Crippen LogP contribution in [0.3, 0.4) is 0 Å². The van der Waals surface area contributed by atoms with Crippen LogP contribution in [-0.2, 0) is 10.0 Å². The predicted octanol–water partition coefficient (Wildman–Crippen LogP) is 3.34. The van der Waals surface area contributed by atoms with Crippen LogP contribution in [-0.4, -0.2) is 19.4 Å². The van der Waals surface area contributed by atoms with Crippen molar-refractivity contribution in [1.82, 2.24) is 9.71 Å². The molecule has 1 saturated carbocycles. The van der Waals surface area contributed by atoms with Gasteiger partial charge in [0.25, 0.3) is 0 Å². The highest BCUT2D eigenvalue weighted by molar-refractivity contribution is 7.89. The fourth-order valence-electron chi connectivity index (χ4n) is 3.30. The van der Waals surface area contributed by atoms with Crippen LogP contribution in [0.5, 0.6) is 0 Å². The molecule has 1 aromatic carbocycles. The van der Waals surface area contributed by atoms with Crippen LogP contribution in [0.4, 0.5) is 0 Å². The molecule has 1 aliphatic carbocycles. The van der Waals surface area contributed by atoms with Crippen LogP contribution in [0.2, 0.25) is 0 Å². The van der Waals surface area contributed by atoms with E-state index in [4.69, 9.17) is 0 Å². The van der Waals surface area contributed by atoms with Crippen molar-refractivity contribution in [3.8, 4) is 0 Å². The average Bonchev–Trinajstić information content (AvgIpc) is 2.51. The Hall–Kier alpha value is -1.46. The maximum absolute atomic E-state index is 12.8. The van der Waals surface area contributed by atoms with Crippen molar-refractivity contribution in [3.05, 3.63) is 36.5 Å². The molecule has 5 heteroatoms. The molecule has 118 valence electrons. The third-order valence-electron chi connectivity index (χ3n) is 4.90. The van der Waals surface area contributed by atoms with Gasteiger partial charge < -0.3 is 0 Å². The topological polar surface area (TPSA) is 59.1 Å². The Morgan fingerprint density at radius 3 is 2.73 bits per heavy atom. The number of aromatic nitrogens is 1. The molecule has 1 heterocycles. The number of fused-ring (bicyclic) bond motifs is 1. The van der Waals surface area contributed by atoms with Crippen molar-refractivity contribution < 1.29 is 8.42 Å². The minimum atomic E-state index is -3.56. The van der Waals surface area contributed by atoms with E-state index in [1.54, 1.807) is 18.3 Å². The summed E-state index contributed by atoms with van der Waals surface area (Å²) in [4.78, 5) is 4.53. The van der Waals surface area contributed by atoms with Crippen LogP contribution < -0.4 is 4.72 Å². The van der Waals surface area contributed by atoms with Gasteiger partial charge in [0, 0.05) is 17.6 Å². The molecule has 0 radical (unpaired) electrons. The molecule has 2 aromatic rings. The molecule has 3 rings (SSSR count). The normalized spacial score (nSPS) is 26.2. The lowest BCUT2D eigenvalue weighted by atomic mass is 9.78. The van der Waals surface area contributed by atoms with E-state index in [0.29, 0.717) is 17.4 Å². The predicted molar refractivity (Wildman–Crippen MR) is 88.0 cm³/mol. The van der Waals surface area contributed by atoms with E-state index < -0.39 is 10.0 Å². The molecule has 1 fully saturated rings. The number of para-hydroxylation sites is 1. The lowest BCUT2D eigenvalue weighted by Gasteiger charge is -2.34. The second-order valence-corrected chi connectivity index (χ2v) is 8.01. The maximum atomic E-state index is 12.8. The number of benzene rings is 1. The van der Waals surface area contributed by atoms with Crippen LogP contribution >= 0.6 is 0 Å². The first-order chi connectivity index (χ1) is 10.5. The fourth-order valence-corrected chi connectivity index (χ4v) is 4.85. The lowest BCUT2D eigenvalue weighted by Crippen LogP contribution is -2.43. The number of pyridine rings is 1. The Morgan fingerprint density at radius 1 is 1.14 bits per heavy atom. The van der Waals surface area contributed by atoms with E-state index in [2.05, 4.69) is 23.6 Å². The molecule has 4 nitrogen and oxygen atoms in total. The van der Waals surface area contributed by atoms with Crippen molar-refractivity contribution >= 4 is 20.9 Å². The molecule has 0 aliphatic heterocycles. The summed E-state index contributed by atoms with van der Waals surface area (Å²) in [5.41, 5.74) is 0.536. The summed E-state index contributed by atoms with van der Waals surface area (Å²) in [7, 11) is -3.56. The quantitative estimate of drug-likeness (QED) is 0.944. The summed E-state index contributed by atoms with van der Waals surface area (Å²) in [6.07, 6.45) is 4.79. The zero-order chi connectivity index (χ0) is 15.7. The summed E-state index contributed by atoms with van der Waals surface area (Å²) in [5, 5.41) is 0.843. The van der Waals surface area contributed by atoms with E-state index >= 15 is 0 Å². The fraction of sp³-hybridized carbons (Fsp3) is 0.471. The molecule has 3 unspecified atom stereocenters. The summed E-state index contributed by atoms with van der Waals surface area (Å²) in [6, 6.07) is 8.99. The van der Waals surface area contributed by atoms with Crippen molar-refractivity contribution in [2.45, 2.75) is 44.0 Å². The number of hydrogen-bond donors (Lipinski definition) is 1. The second kappa shape index (κ2) is 5.97. The maximum Gasteiger partial charge on any atom is 0.242 e. The number of nitrogens with one attached hydrogen (secondary N) is 1. The molecule has 0 saturated heterocycles. The third-order valence-corrected chi connectivity index (χ3v) is 6.42. The zero-order valence-electron chi connectivity index (χ0n) is 13.0. The van der Waals surface area contributed by atoms with Gasteiger partial charge in [-0.15, -0.1) is 0 Å². The summed E-state index contributed by atoms with van der Waals surface area (Å²) in [5.74, 6) is 0.901. The lowest BCUT2D eigenvalue weighted by molar-refractivity contribution is 0.227. The highest BCUT2D eigenvalue weighted by atomic mass is 32.2. The second-order valence-electron chi connectivity index (χ2n) is 6.33. The highest BCUT2D eigenvalue weighted by Crippen LogP contribution is 2.31. The number of hydrogen-bond acceptors (Lipinski definition) is 3. The van der Waals surface area contributed by atoms with Gasteiger partial charge in [0.1, 0.15) is 4.90 Å². The first-order valence-electron chi connectivity index (χ1n) is 7.85. The SMILES string of the molecule is CC1CCCC(NS(=O)(=O)c2cccc3cccnc23)C1C. The molecule has 3 atom stereocenters. The molecular weight excluding hydrogens is 296 g/mol. The largest absolute Gasteiger partial charge is 0.255 e. The minimum absolute atomic E-state index is 0.00715. The van der Waals surface area contributed by atoms with E-state index in [1.165, 1.54) is 6.42 Å². The molecule has 0 amide bonds. The van der Waals surface area contributed by atoms with Crippen molar-refractivity contribution in [3.63, 3.8) is 0 Å². The van der Waals surface area contributed by atoms with Crippen molar-refractivity contribution in [1.29, 1.82) is 0 Å². The summed E-state index contributed by atoms with van der Waals surface area (Å²) < 4.78 is 28.5. The van der Waals surface area contributed by atoms with Gasteiger partial charge in [0.15, 0.2) is 0 Å². The van der Waals surface area contributed by atoms with Gasteiger partial charge in [-0.25, -0.2) is 13.1 Å². The van der Waals surface area contributed by atoms with Crippen LogP contribution in [0.1, 0.15) is 33.1 Å². The van der Waals surface area contributed by atoms with Crippen LogP contribution in [0.15, 0.2) is 41.4 Å². The van der Waals surface area contributed by atoms with E-state index in [9.17, 15) is 8.42 Å². The molecular formula is C17H22N2O2S. The van der Waals surface area contributed by atoms with Crippen LogP contribution in [0.25, 0.3) is 10.9 Å². The van der Waals surface area contributed by atoms with Crippen molar-refractivity contribution in [2.75, 3.05) is 0 Å². The molecule has 1 aliphatic rings. The van der Waals surface area contributed by atoms with E-state index in [1.807, 2.05) is 18.2 Å². The van der Waals surface area contributed by atoms with Gasteiger partial charge in [-0.2, -0.15) is 0 Å². The Morgan fingerprint density at radius 2 is 1.91 bits per heavy atom. The third kappa shape index (κ3) is 2.88. The van der Waals surface area contributed by atoms with Gasteiger partial charge in [-0.3, -0.25) is 4.98 Å². The molecule has 1 N–H and O–H groups in total. The monoisotopic (exact) mass is 318 g/mol. The van der Waals surface area contributed by atoms with E-state index in [-0.39, 0.29) is 10.9 Å². The Bertz CT molecular complexity index is 768. The first-order valence-corrected chi connectivity index (χ1v) is 9.33. The zero-order valence-corrected chi connectivity index (χ0v) is 13.8. The highest BCUT2D eigenvalue weighted by Gasteiger charge is 2.31. The Balaban J connectivity index is 1.95. The minimum Gasteiger partial charge on any atom is -0.255 e. The van der Waals surface area contributed by atoms with Gasteiger partial charge in [0.2, 0.25) is 10.0 Å². The Labute approximate surface area is 132 Å². The summed E-state index contributed by atoms with van der Waals surface area (Å²) in [6.45, 7) is 4.34. The smallest absolute Gasteiger partial charge is 0.242 e. The number of rotatable bonds is 3. The number of nitrogens with zero attached hydrogens (tertiary/aromatic N) is 1. The summed E-state index contributed by atoms with van der Waals surface area (Å²) >= 11 is 0. The molecule has 22 heavy (non-hydrogen) atoms. The van der Waals surface area contributed by atoms with Crippen LogP contribution in [0, 0.1) is 11.8 Å². The molecule has 0 bridgehead atoms. The van der Waals surface area contributed by atoms with Gasteiger partial charge in [-0.1, -0.05) is 44.9 Å². The van der Waals surface area contributed by atoms with Crippen molar-refractivity contribution in [2.24, 2.45) is 11.8 Å². The Kier molecular flexibility index (Phi) is 4.19. The molecule has 0 spiro atoms. The van der Waals surface area contributed by atoms with Gasteiger partial charge >= 0.3 is 0 Å². The molecule has 1 aromatic heterocycles. The first kappa shape index (κ1) is 15.4.